The smallest absolute Gasteiger partial charge is 0.243 e. The van der Waals surface area contributed by atoms with Gasteiger partial charge in [-0.05, 0) is 44.9 Å². The summed E-state index contributed by atoms with van der Waals surface area (Å²) in [6.45, 7) is 6.94. The van der Waals surface area contributed by atoms with Gasteiger partial charge in [0.2, 0.25) is 11.7 Å². The van der Waals surface area contributed by atoms with Gasteiger partial charge in [0.1, 0.15) is 5.60 Å². The molecule has 0 aliphatic heterocycles. The van der Waals surface area contributed by atoms with Gasteiger partial charge in [0, 0.05) is 6.61 Å². The van der Waals surface area contributed by atoms with Crippen LogP contribution in [0.2, 0.25) is 0 Å². The Kier molecular flexibility index (Phi) is 4.58. The van der Waals surface area contributed by atoms with Gasteiger partial charge >= 0.3 is 0 Å². The van der Waals surface area contributed by atoms with Gasteiger partial charge in [-0.15, -0.1) is 0 Å². The Balaban J connectivity index is 2.14. The Labute approximate surface area is 114 Å². The maximum absolute atomic E-state index is 6.09. The van der Waals surface area contributed by atoms with Crippen molar-refractivity contribution in [3.05, 3.63) is 11.7 Å². The molecule has 1 saturated carbocycles. The summed E-state index contributed by atoms with van der Waals surface area (Å²) >= 11 is 0. The first-order valence-corrected chi connectivity index (χ1v) is 7.31. The third-order valence-electron chi connectivity index (χ3n) is 3.72. The molecule has 1 heterocycles. The second-order valence-electron chi connectivity index (χ2n) is 5.83. The fourth-order valence-corrected chi connectivity index (χ4v) is 2.83. The highest BCUT2D eigenvalue weighted by Crippen LogP contribution is 2.41. The van der Waals surface area contributed by atoms with E-state index in [1.165, 1.54) is 0 Å². The zero-order valence-electron chi connectivity index (χ0n) is 12.2. The third-order valence-corrected chi connectivity index (χ3v) is 3.72. The third kappa shape index (κ3) is 3.15. The molecule has 5 heteroatoms. The molecular weight excluding hydrogens is 242 g/mol. The van der Waals surface area contributed by atoms with Gasteiger partial charge in [-0.3, -0.25) is 0 Å². The van der Waals surface area contributed by atoms with E-state index in [0.29, 0.717) is 24.2 Å². The van der Waals surface area contributed by atoms with Crippen LogP contribution < -0.4 is 5.73 Å². The van der Waals surface area contributed by atoms with Crippen LogP contribution >= 0.6 is 0 Å². The van der Waals surface area contributed by atoms with Crippen molar-refractivity contribution in [2.75, 3.05) is 6.61 Å². The maximum Gasteiger partial charge on any atom is 0.243 e. The Morgan fingerprint density at radius 3 is 2.63 bits per heavy atom. The van der Waals surface area contributed by atoms with Crippen LogP contribution in [0, 0.1) is 5.92 Å². The van der Waals surface area contributed by atoms with E-state index in [0.717, 1.165) is 32.1 Å². The first kappa shape index (κ1) is 14.5. The minimum atomic E-state index is -0.339. The summed E-state index contributed by atoms with van der Waals surface area (Å²) < 4.78 is 11.3. The van der Waals surface area contributed by atoms with Gasteiger partial charge < -0.3 is 15.0 Å². The lowest BCUT2D eigenvalue weighted by molar-refractivity contribution is -0.0469. The molecule has 0 bridgehead atoms. The highest BCUT2D eigenvalue weighted by atomic mass is 16.5. The molecule has 0 radical (unpaired) electrons. The summed E-state index contributed by atoms with van der Waals surface area (Å²) in [5, 5.41) is 4.13. The summed E-state index contributed by atoms with van der Waals surface area (Å²) in [5.74, 6) is 1.73. The van der Waals surface area contributed by atoms with Crippen LogP contribution in [0.4, 0.5) is 0 Å². The van der Waals surface area contributed by atoms with Gasteiger partial charge in [-0.25, -0.2) is 0 Å². The lowest BCUT2D eigenvalue weighted by Gasteiger charge is -2.24. The average molecular weight is 267 g/mol. The Morgan fingerprint density at radius 2 is 2.05 bits per heavy atom. The van der Waals surface area contributed by atoms with Crippen molar-refractivity contribution in [1.82, 2.24) is 10.1 Å². The molecule has 108 valence electrons. The Bertz CT molecular complexity index is 397. The van der Waals surface area contributed by atoms with Gasteiger partial charge in [0.15, 0.2) is 0 Å². The molecule has 2 N–H and O–H groups in total. The fraction of sp³-hybridized carbons (Fsp3) is 0.857. The van der Waals surface area contributed by atoms with E-state index in [4.69, 9.17) is 15.0 Å². The molecule has 1 aromatic rings. The summed E-state index contributed by atoms with van der Waals surface area (Å²) in [5.41, 5.74) is 5.75. The van der Waals surface area contributed by atoms with Gasteiger partial charge in [-0.1, -0.05) is 19.0 Å². The number of hydrogen-bond donors (Lipinski definition) is 1. The molecule has 1 unspecified atom stereocenters. The molecule has 2 rings (SSSR count). The molecule has 5 nitrogen and oxygen atoms in total. The van der Waals surface area contributed by atoms with E-state index < -0.39 is 0 Å². The number of nitrogens with zero attached hydrogens (tertiary/aromatic N) is 2. The second-order valence-corrected chi connectivity index (χ2v) is 5.83. The van der Waals surface area contributed by atoms with Crippen LogP contribution in [0.5, 0.6) is 0 Å². The minimum Gasteiger partial charge on any atom is -0.367 e. The van der Waals surface area contributed by atoms with Crippen LogP contribution in [0.15, 0.2) is 4.52 Å². The molecule has 0 amide bonds. The van der Waals surface area contributed by atoms with Crippen LogP contribution in [0.1, 0.15) is 70.6 Å². The molecule has 1 atom stereocenters. The van der Waals surface area contributed by atoms with E-state index >= 15 is 0 Å². The molecule has 1 aliphatic carbocycles. The van der Waals surface area contributed by atoms with Crippen LogP contribution in [-0.4, -0.2) is 16.7 Å². The number of nitrogens with two attached hydrogens (primary N) is 1. The molecule has 0 spiro atoms. The maximum atomic E-state index is 6.09. The van der Waals surface area contributed by atoms with E-state index in [2.05, 4.69) is 24.0 Å². The monoisotopic (exact) mass is 267 g/mol. The molecular formula is C14H25N3O2. The van der Waals surface area contributed by atoms with Crippen molar-refractivity contribution >= 4 is 0 Å². The molecule has 0 aromatic carbocycles. The van der Waals surface area contributed by atoms with E-state index in [1.54, 1.807) is 0 Å². The topological polar surface area (TPSA) is 74.2 Å². The minimum absolute atomic E-state index is 0.179. The van der Waals surface area contributed by atoms with Gasteiger partial charge in [0.05, 0.1) is 6.04 Å². The summed E-state index contributed by atoms with van der Waals surface area (Å²) in [7, 11) is 0. The van der Waals surface area contributed by atoms with E-state index in [9.17, 15) is 0 Å². The second kappa shape index (κ2) is 6.01. The lowest BCUT2D eigenvalue weighted by atomic mass is 10.0. The average Bonchev–Trinajstić information content (AvgIpc) is 2.96. The number of ether oxygens (including phenoxy) is 1. The summed E-state index contributed by atoms with van der Waals surface area (Å²) in [4.78, 5) is 4.51. The van der Waals surface area contributed by atoms with E-state index in [1.807, 2.05) is 6.92 Å². The van der Waals surface area contributed by atoms with Crippen molar-refractivity contribution in [2.24, 2.45) is 11.7 Å². The molecule has 19 heavy (non-hydrogen) atoms. The van der Waals surface area contributed by atoms with Crippen molar-refractivity contribution in [2.45, 2.75) is 64.5 Å². The molecule has 0 saturated heterocycles. The summed E-state index contributed by atoms with van der Waals surface area (Å²) in [6.07, 6.45) is 5.10. The first-order valence-electron chi connectivity index (χ1n) is 7.31. The van der Waals surface area contributed by atoms with Crippen molar-refractivity contribution in [1.29, 1.82) is 0 Å². The standard InChI is InChI=1S/C14H25N3O2/c1-4-18-14(7-5-6-8-14)13-16-12(19-17-13)11(15)9-10(2)3/h10-11H,4-9,15H2,1-3H3. The Hall–Kier alpha value is -0.940. The highest BCUT2D eigenvalue weighted by molar-refractivity contribution is 5.05. The predicted octanol–water partition coefficient (Wildman–Crippen LogP) is 2.92. The normalized spacial score (nSPS) is 20.1. The lowest BCUT2D eigenvalue weighted by Crippen LogP contribution is -2.28. The van der Waals surface area contributed by atoms with Crippen molar-refractivity contribution < 1.29 is 9.26 Å². The van der Waals surface area contributed by atoms with Gasteiger partial charge in [-0.2, -0.15) is 4.98 Å². The fourth-order valence-electron chi connectivity index (χ4n) is 2.83. The molecule has 1 aromatic heterocycles. The summed E-state index contributed by atoms with van der Waals surface area (Å²) in [6, 6.07) is -0.179. The van der Waals surface area contributed by atoms with Crippen LogP contribution in [0.25, 0.3) is 0 Å². The van der Waals surface area contributed by atoms with Crippen molar-refractivity contribution in [3.63, 3.8) is 0 Å². The van der Waals surface area contributed by atoms with Gasteiger partial charge in [0.25, 0.3) is 0 Å². The number of rotatable bonds is 6. The first-order chi connectivity index (χ1) is 9.07. The highest BCUT2D eigenvalue weighted by Gasteiger charge is 2.41. The SMILES string of the molecule is CCOC1(c2noc(C(N)CC(C)C)n2)CCCC1. The number of aromatic nitrogens is 2. The van der Waals surface area contributed by atoms with E-state index in [-0.39, 0.29) is 11.6 Å². The zero-order valence-corrected chi connectivity index (χ0v) is 12.2. The van der Waals surface area contributed by atoms with Crippen LogP contribution in [-0.2, 0) is 10.3 Å². The van der Waals surface area contributed by atoms with Crippen molar-refractivity contribution in [3.8, 4) is 0 Å². The zero-order chi connectivity index (χ0) is 13.9. The number of hydrogen-bond acceptors (Lipinski definition) is 5. The predicted molar refractivity (Wildman–Crippen MR) is 72.5 cm³/mol. The largest absolute Gasteiger partial charge is 0.367 e. The quantitative estimate of drug-likeness (QED) is 0.857. The molecule has 1 aliphatic rings. The Morgan fingerprint density at radius 1 is 1.37 bits per heavy atom. The van der Waals surface area contributed by atoms with Crippen LogP contribution in [0.3, 0.4) is 0 Å². The molecule has 1 fully saturated rings.